The van der Waals surface area contributed by atoms with Crippen LogP contribution in [0.15, 0.2) is 85.5 Å². The molecule has 0 amide bonds. The van der Waals surface area contributed by atoms with Gasteiger partial charge in [0.25, 0.3) is 0 Å². The van der Waals surface area contributed by atoms with Gasteiger partial charge in [-0.15, -0.1) is 0 Å². The number of pyridine rings is 1. The first-order chi connectivity index (χ1) is 21.1. The van der Waals surface area contributed by atoms with Crippen LogP contribution in [0.2, 0.25) is 0 Å². The molecule has 0 unspecified atom stereocenters. The van der Waals surface area contributed by atoms with Gasteiger partial charge in [-0.25, -0.2) is 19.7 Å². The number of carboxylic acids is 1. The Morgan fingerprint density at radius 1 is 1.09 bits per heavy atom. The van der Waals surface area contributed by atoms with E-state index in [4.69, 9.17) is 19.4 Å². The summed E-state index contributed by atoms with van der Waals surface area (Å²) in [5, 5.41) is 9.51. The van der Waals surface area contributed by atoms with E-state index in [-0.39, 0.29) is 11.7 Å². The van der Waals surface area contributed by atoms with Crippen molar-refractivity contribution in [3.63, 3.8) is 0 Å². The second-order valence-electron chi connectivity index (χ2n) is 10.9. The van der Waals surface area contributed by atoms with Crippen LogP contribution in [0.25, 0.3) is 22.3 Å². The summed E-state index contributed by atoms with van der Waals surface area (Å²) in [6.45, 7) is 4.20. The van der Waals surface area contributed by atoms with Crippen molar-refractivity contribution in [3.05, 3.63) is 108 Å². The maximum atomic E-state index is 11.6. The van der Waals surface area contributed by atoms with Crippen LogP contribution >= 0.6 is 0 Å². The molecule has 0 spiro atoms. The number of aromatic nitrogens is 5. The first-order valence-corrected chi connectivity index (χ1v) is 14.5. The lowest BCUT2D eigenvalue weighted by Crippen LogP contribution is -2.33. The number of benzene rings is 2. The Hall–Kier alpha value is -4.80. The molecular formula is C33H32N6O4. The molecule has 3 aromatic heterocycles. The smallest absolute Gasteiger partial charge is 0.335 e. The van der Waals surface area contributed by atoms with Gasteiger partial charge in [-0.05, 0) is 60.4 Å². The maximum Gasteiger partial charge on any atom is 0.335 e. The Labute approximate surface area is 248 Å². The summed E-state index contributed by atoms with van der Waals surface area (Å²) in [5.41, 5.74) is 6.17. The second kappa shape index (κ2) is 11.8. The summed E-state index contributed by atoms with van der Waals surface area (Å²) in [5.74, 6) is 0.594. The monoisotopic (exact) mass is 576 g/mol. The van der Waals surface area contributed by atoms with Crippen LogP contribution in [0.3, 0.4) is 0 Å². The number of rotatable bonds is 10. The van der Waals surface area contributed by atoms with E-state index in [0.29, 0.717) is 25.6 Å². The third-order valence-electron chi connectivity index (χ3n) is 8.09. The summed E-state index contributed by atoms with van der Waals surface area (Å²) in [6, 6.07) is 19.3. The summed E-state index contributed by atoms with van der Waals surface area (Å²) in [6.07, 6.45) is 9.69. The van der Waals surface area contributed by atoms with Crippen molar-refractivity contribution >= 4 is 22.6 Å². The van der Waals surface area contributed by atoms with Crippen LogP contribution in [-0.4, -0.2) is 65.9 Å². The molecule has 2 aliphatic rings. The van der Waals surface area contributed by atoms with Crippen LogP contribution in [0.1, 0.15) is 40.3 Å². The Morgan fingerprint density at radius 2 is 1.98 bits per heavy atom. The number of aromatic carboxylic acids is 1. The molecule has 1 fully saturated rings. The predicted molar refractivity (Wildman–Crippen MR) is 161 cm³/mol. The van der Waals surface area contributed by atoms with Gasteiger partial charge in [0.2, 0.25) is 5.88 Å². The molecule has 0 bridgehead atoms. The van der Waals surface area contributed by atoms with E-state index in [2.05, 4.69) is 32.7 Å². The Morgan fingerprint density at radius 3 is 2.70 bits per heavy atom. The third-order valence-corrected chi connectivity index (χ3v) is 8.09. The number of hydrogen-bond donors (Lipinski definition) is 1. The fourth-order valence-corrected chi connectivity index (χ4v) is 5.56. The zero-order valence-electron chi connectivity index (χ0n) is 23.7. The zero-order chi connectivity index (χ0) is 29.2. The minimum Gasteiger partial charge on any atom is -0.478 e. The fourth-order valence-electron chi connectivity index (χ4n) is 5.56. The molecule has 2 aromatic carbocycles. The summed E-state index contributed by atoms with van der Waals surface area (Å²) in [4.78, 5) is 27.7. The molecule has 7 rings (SSSR count). The predicted octanol–water partition coefficient (Wildman–Crippen LogP) is 4.97. The van der Waals surface area contributed by atoms with Gasteiger partial charge in [0.15, 0.2) is 0 Å². The number of fused-ring (bicyclic) bond motifs is 1. The van der Waals surface area contributed by atoms with Crippen LogP contribution in [0.5, 0.6) is 5.88 Å². The van der Waals surface area contributed by atoms with Gasteiger partial charge in [0.1, 0.15) is 12.4 Å². The van der Waals surface area contributed by atoms with E-state index >= 15 is 0 Å². The summed E-state index contributed by atoms with van der Waals surface area (Å²) in [7, 11) is 0. The lowest BCUT2D eigenvalue weighted by Gasteiger charge is -2.29. The molecule has 43 heavy (non-hydrogen) atoms. The number of nitrogens with zero attached hydrogens (tertiary/aromatic N) is 6. The quantitative estimate of drug-likeness (QED) is 0.248. The van der Waals surface area contributed by atoms with E-state index in [1.165, 1.54) is 5.57 Å². The normalized spacial score (nSPS) is 17.0. The van der Waals surface area contributed by atoms with Gasteiger partial charge in [0.05, 0.1) is 47.8 Å². The average Bonchev–Trinajstić information content (AvgIpc) is 3.67. The topological polar surface area (TPSA) is 108 Å². The van der Waals surface area contributed by atoms with E-state index in [1.54, 1.807) is 30.7 Å². The Kier molecular flexibility index (Phi) is 7.44. The molecular weight excluding hydrogens is 544 g/mol. The first-order valence-electron chi connectivity index (χ1n) is 14.5. The van der Waals surface area contributed by atoms with Crippen molar-refractivity contribution in [2.24, 2.45) is 0 Å². The summed E-state index contributed by atoms with van der Waals surface area (Å²) >= 11 is 0. The number of imidazole rings is 2. The Bertz CT molecular complexity index is 1770. The van der Waals surface area contributed by atoms with Crippen LogP contribution in [0, 0.1) is 0 Å². The van der Waals surface area contributed by atoms with Crippen molar-refractivity contribution in [2.45, 2.75) is 38.6 Å². The second-order valence-corrected chi connectivity index (χ2v) is 10.9. The maximum absolute atomic E-state index is 11.6. The number of carbonyl (C=O) groups is 1. The fraction of sp³-hybridized carbons (Fsp3) is 0.273. The highest BCUT2D eigenvalue weighted by atomic mass is 16.5. The molecule has 1 saturated heterocycles. The van der Waals surface area contributed by atoms with E-state index in [0.717, 1.165) is 66.3 Å². The lowest BCUT2D eigenvalue weighted by atomic mass is 10.0. The largest absolute Gasteiger partial charge is 0.478 e. The lowest BCUT2D eigenvalue weighted by molar-refractivity contribution is -0.0591. The SMILES string of the molecule is O=C(O)c1ccc2nc(CN3CC=C(c4cccc(OCc5ccc(-n6ccnc6)cc5)n4)CC3)n(C[C@@H]3CCO3)c2c1. The van der Waals surface area contributed by atoms with Crippen molar-refractivity contribution in [1.29, 1.82) is 0 Å². The minimum absolute atomic E-state index is 0.139. The van der Waals surface area contributed by atoms with Gasteiger partial charge in [-0.3, -0.25) is 4.90 Å². The Balaban J connectivity index is 1.01. The highest BCUT2D eigenvalue weighted by molar-refractivity contribution is 5.92. The van der Waals surface area contributed by atoms with Crippen molar-refractivity contribution < 1.29 is 19.4 Å². The van der Waals surface area contributed by atoms with Gasteiger partial charge < -0.3 is 23.7 Å². The van der Waals surface area contributed by atoms with E-state index in [1.807, 2.05) is 41.1 Å². The number of carboxylic acid groups (broad SMARTS) is 1. The zero-order valence-corrected chi connectivity index (χ0v) is 23.7. The standard InChI is InChI=1S/C33H32N6O4/c40-33(41)25-6-9-29-30(18-25)39(19-27-12-17-42-27)31(35-29)20-37-14-10-24(11-15-37)28-2-1-3-32(36-28)43-21-23-4-7-26(8-5-23)38-16-13-34-22-38/h1-10,13,16,18,22,27H,11-12,14-15,17,19-21H2,(H,40,41)/t27-/m0/s1. The molecule has 5 heterocycles. The molecule has 10 heteroatoms. The van der Waals surface area contributed by atoms with Gasteiger partial charge in [0, 0.05) is 43.8 Å². The van der Waals surface area contributed by atoms with Crippen LogP contribution < -0.4 is 4.74 Å². The molecule has 2 aliphatic heterocycles. The third kappa shape index (κ3) is 5.93. The minimum atomic E-state index is -0.937. The number of ether oxygens (including phenoxy) is 2. The molecule has 0 radical (unpaired) electrons. The molecule has 1 N–H and O–H groups in total. The molecule has 218 valence electrons. The highest BCUT2D eigenvalue weighted by Crippen LogP contribution is 2.26. The average molecular weight is 577 g/mol. The van der Waals surface area contributed by atoms with E-state index < -0.39 is 5.97 Å². The van der Waals surface area contributed by atoms with Gasteiger partial charge in [-0.1, -0.05) is 24.3 Å². The highest BCUT2D eigenvalue weighted by Gasteiger charge is 2.24. The molecule has 0 saturated carbocycles. The van der Waals surface area contributed by atoms with Crippen molar-refractivity contribution in [3.8, 4) is 11.6 Å². The van der Waals surface area contributed by atoms with Crippen molar-refractivity contribution in [2.75, 3.05) is 19.7 Å². The van der Waals surface area contributed by atoms with Crippen LogP contribution in [-0.2, 0) is 24.4 Å². The van der Waals surface area contributed by atoms with E-state index in [9.17, 15) is 9.90 Å². The van der Waals surface area contributed by atoms with Crippen LogP contribution in [0.4, 0.5) is 0 Å². The molecule has 1 atom stereocenters. The van der Waals surface area contributed by atoms with Crippen molar-refractivity contribution in [1.82, 2.24) is 29.0 Å². The number of hydrogen-bond acceptors (Lipinski definition) is 7. The molecule has 0 aliphatic carbocycles. The van der Waals surface area contributed by atoms with Gasteiger partial charge >= 0.3 is 5.97 Å². The molecule has 10 nitrogen and oxygen atoms in total. The van der Waals surface area contributed by atoms with Gasteiger partial charge in [-0.2, -0.15) is 0 Å². The summed E-state index contributed by atoms with van der Waals surface area (Å²) < 4.78 is 15.8. The first kappa shape index (κ1) is 27.1. The molecule has 5 aromatic rings.